The first-order chi connectivity index (χ1) is 9.99. The zero-order valence-electron chi connectivity index (χ0n) is 11.4. The first-order valence-corrected chi connectivity index (χ1v) is 7.12. The number of hydrogen-bond donors (Lipinski definition) is 1. The minimum atomic E-state index is -1.25. The van der Waals surface area contributed by atoms with Gasteiger partial charge in [-0.05, 0) is 12.8 Å². The Morgan fingerprint density at radius 1 is 1.10 bits per heavy atom. The molecule has 0 radical (unpaired) electrons. The molecule has 2 saturated heterocycles. The molecule has 3 aliphatic rings. The molecule has 2 fully saturated rings. The molecule has 2 bridgehead atoms. The summed E-state index contributed by atoms with van der Waals surface area (Å²) in [6.07, 6.45) is 3.40. The number of carbonyl (C=O) groups excluding carboxylic acids is 3. The molecule has 0 aliphatic carbocycles. The Bertz CT molecular complexity index is 509. The van der Waals surface area contributed by atoms with Crippen molar-refractivity contribution in [2.24, 2.45) is 23.5 Å². The quantitative estimate of drug-likeness (QED) is 0.606. The van der Waals surface area contributed by atoms with Crippen LogP contribution in [0.1, 0.15) is 12.8 Å². The van der Waals surface area contributed by atoms with Crippen LogP contribution in [0.4, 0.5) is 0 Å². The normalized spacial score (nSPS) is 35.1. The summed E-state index contributed by atoms with van der Waals surface area (Å²) >= 11 is 0. The summed E-state index contributed by atoms with van der Waals surface area (Å²) in [5.74, 6) is -3.69. The van der Waals surface area contributed by atoms with Gasteiger partial charge < -0.3 is 25.3 Å². The van der Waals surface area contributed by atoms with Gasteiger partial charge in [0.1, 0.15) is 0 Å². The average molecular weight is 293 g/mol. The lowest BCUT2D eigenvalue weighted by molar-refractivity contribution is -0.313. The molecule has 0 saturated carbocycles. The van der Waals surface area contributed by atoms with Crippen LogP contribution in [0.25, 0.3) is 0 Å². The molecule has 114 valence electrons. The number of hydrogen-bond acceptors (Lipinski definition) is 5. The molecule has 2 N–H and O–H groups in total. The first-order valence-electron chi connectivity index (χ1n) is 7.12. The Balaban J connectivity index is 1.70. The zero-order chi connectivity index (χ0) is 15.1. The highest BCUT2D eigenvalue weighted by molar-refractivity contribution is 5.87. The Morgan fingerprint density at radius 3 is 2.19 bits per heavy atom. The van der Waals surface area contributed by atoms with Crippen LogP contribution in [-0.4, -0.2) is 48.0 Å². The van der Waals surface area contributed by atoms with E-state index in [2.05, 4.69) is 0 Å². The molecule has 3 heterocycles. The molecule has 0 aromatic carbocycles. The van der Waals surface area contributed by atoms with Gasteiger partial charge in [-0.3, -0.25) is 9.59 Å². The number of carbonyl (C=O) groups is 3. The fourth-order valence-electron chi connectivity index (χ4n) is 3.48. The van der Waals surface area contributed by atoms with Gasteiger partial charge in [0.15, 0.2) is 0 Å². The van der Waals surface area contributed by atoms with Crippen LogP contribution >= 0.6 is 0 Å². The second kappa shape index (κ2) is 5.14. The van der Waals surface area contributed by atoms with Crippen molar-refractivity contribution in [3.63, 3.8) is 0 Å². The van der Waals surface area contributed by atoms with E-state index in [0.717, 1.165) is 0 Å². The molecule has 0 aromatic heterocycles. The van der Waals surface area contributed by atoms with Crippen LogP contribution in [0.3, 0.4) is 0 Å². The second-order valence-electron chi connectivity index (χ2n) is 5.82. The number of carboxylic acid groups (broad SMARTS) is 1. The fourth-order valence-corrected chi connectivity index (χ4v) is 3.48. The molecule has 0 spiro atoms. The summed E-state index contributed by atoms with van der Waals surface area (Å²) in [6, 6.07) is 0. The highest BCUT2D eigenvalue weighted by Crippen LogP contribution is 2.40. The van der Waals surface area contributed by atoms with E-state index in [-0.39, 0.29) is 17.7 Å². The van der Waals surface area contributed by atoms with Gasteiger partial charge in [0.05, 0.1) is 18.1 Å². The maximum absolute atomic E-state index is 12.6. The molecular weight excluding hydrogens is 276 g/mol. The summed E-state index contributed by atoms with van der Waals surface area (Å²) in [6.45, 7) is 0.841. The molecule has 0 aromatic rings. The van der Waals surface area contributed by atoms with Gasteiger partial charge >= 0.3 is 0 Å². The molecule has 3 rings (SSSR count). The van der Waals surface area contributed by atoms with Gasteiger partial charge in [0.2, 0.25) is 11.8 Å². The van der Waals surface area contributed by atoms with E-state index >= 15 is 0 Å². The molecule has 3 aliphatic heterocycles. The largest absolute Gasteiger partial charge is 0.550 e. The third-order valence-corrected chi connectivity index (χ3v) is 4.67. The molecule has 4 atom stereocenters. The number of ether oxygens (including phenoxy) is 1. The molecule has 21 heavy (non-hydrogen) atoms. The number of amides is 2. The number of aliphatic carboxylic acids is 1. The molecule has 7 heteroatoms. The Morgan fingerprint density at radius 2 is 1.67 bits per heavy atom. The van der Waals surface area contributed by atoms with Crippen molar-refractivity contribution < 1.29 is 24.2 Å². The smallest absolute Gasteiger partial charge is 0.229 e. The van der Waals surface area contributed by atoms with Crippen molar-refractivity contribution in [2.75, 3.05) is 13.1 Å². The van der Waals surface area contributed by atoms with Gasteiger partial charge in [0.25, 0.3) is 0 Å². The van der Waals surface area contributed by atoms with E-state index in [0.29, 0.717) is 25.9 Å². The van der Waals surface area contributed by atoms with Crippen molar-refractivity contribution in [1.29, 1.82) is 0 Å². The highest BCUT2D eigenvalue weighted by Gasteiger charge is 2.51. The maximum Gasteiger partial charge on any atom is 0.229 e. The predicted octanol–water partition coefficient (Wildman–Crippen LogP) is -1.97. The van der Waals surface area contributed by atoms with E-state index in [1.165, 1.54) is 0 Å². The summed E-state index contributed by atoms with van der Waals surface area (Å²) in [5, 5.41) is 11.3. The number of likely N-dealkylation sites (tertiary alicyclic amines) is 1. The third-order valence-electron chi connectivity index (χ3n) is 4.67. The summed E-state index contributed by atoms with van der Waals surface area (Å²) in [7, 11) is 0. The number of nitrogens with two attached hydrogens (primary N) is 1. The van der Waals surface area contributed by atoms with Crippen molar-refractivity contribution in [2.45, 2.75) is 25.0 Å². The number of primary amides is 1. The van der Waals surface area contributed by atoms with Gasteiger partial charge in [-0.2, -0.15) is 0 Å². The van der Waals surface area contributed by atoms with E-state index < -0.39 is 30.0 Å². The minimum Gasteiger partial charge on any atom is -0.550 e. The lowest BCUT2D eigenvalue weighted by Gasteiger charge is -2.35. The molecular formula is C14H17N2O5-. The maximum atomic E-state index is 12.6. The van der Waals surface area contributed by atoms with Crippen LogP contribution in [0.2, 0.25) is 0 Å². The summed E-state index contributed by atoms with van der Waals surface area (Å²) in [5.41, 5.74) is 5.26. The monoisotopic (exact) mass is 293 g/mol. The fraction of sp³-hybridized carbons (Fsp3) is 0.643. The topological polar surface area (TPSA) is 113 Å². The highest BCUT2D eigenvalue weighted by atomic mass is 16.5. The van der Waals surface area contributed by atoms with E-state index in [1.54, 1.807) is 17.1 Å². The molecule has 7 nitrogen and oxygen atoms in total. The number of piperidine rings is 1. The van der Waals surface area contributed by atoms with Crippen LogP contribution in [0.5, 0.6) is 0 Å². The zero-order valence-corrected chi connectivity index (χ0v) is 11.4. The molecule has 0 unspecified atom stereocenters. The Labute approximate surface area is 121 Å². The summed E-state index contributed by atoms with van der Waals surface area (Å²) in [4.78, 5) is 36.6. The number of carboxylic acids is 1. The second-order valence-corrected chi connectivity index (χ2v) is 5.82. The Kier molecular flexibility index (Phi) is 3.44. The first kappa shape index (κ1) is 14.1. The SMILES string of the molecule is NC(=O)C1CCN(C(=O)[C@@H]2[C@@H](C(=O)[O-])[C@H]3C=C[C@@H]2O3)CC1. The van der Waals surface area contributed by atoms with Crippen molar-refractivity contribution in [3.8, 4) is 0 Å². The van der Waals surface area contributed by atoms with Gasteiger partial charge in [-0.15, -0.1) is 0 Å². The van der Waals surface area contributed by atoms with E-state index in [9.17, 15) is 19.5 Å². The number of rotatable bonds is 3. The van der Waals surface area contributed by atoms with Crippen molar-refractivity contribution in [1.82, 2.24) is 4.90 Å². The van der Waals surface area contributed by atoms with Gasteiger partial charge in [0, 0.05) is 30.9 Å². The van der Waals surface area contributed by atoms with Crippen LogP contribution in [0.15, 0.2) is 12.2 Å². The van der Waals surface area contributed by atoms with Crippen molar-refractivity contribution in [3.05, 3.63) is 12.2 Å². The minimum absolute atomic E-state index is 0.206. The van der Waals surface area contributed by atoms with E-state index in [4.69, 9.17) is 10.5 Å². The lowest BCUT2D eigenvalue weighted by Crippen LogP contribution is -2.50. The number of fused-ring (bicyclic) bond motifs is 2. The Hall–Kier alpha value is -1.89. The lowest BCUT2D eigenvalue weighted by atomic mass is 9.81. The summed E-state index contributed by atoms with van der Waals surface area (Å²) < 4.78 is 5.48. The standard InChI is InChI=1S/C14H18N2O5/c15-12(17)7-3-5-16(6-4-7)13(18)10-8-1-2-9(21-8)11(10)14(19)20/h1-2,7-11H,3-6H2,(H2,15,17)(H,19,20)/p-1/t8-,9+,10-,11-/m0/s1. The van der Waals surface area contributed by atoms with Crippen LogP contribution in [-0.2, 0) is 19.1 Å². The predicted molar refractivity (Wildman–Crippen MR) is 68.3 cm³/mol. The van der Waals surface area contributed by atoms with Crippen LogP contribution in [0, 0.1) is 17.8 Å². The average Bonchev–Trinajstić information content (AvgIpc) is 3.07. The number of nitrogens with zero attached hydrogens (tertiary/aromatic N) is 1. The third kappa shape index (κ3) is 2.31. The van der Waals surface area contributed by atoms with Crippen molar-refractivity contribution >= 4 is 17.8 Å². The van der Waals surface area contributed by atoms with Gasteiger partial charge in [-0.1, -0.05) is 12.2 Å². The molecule has 2 amide bonds. The van der Waals surface area contributed by atoms with E-state index in [1.807, 2.05) is 0 Å². The van der Waals surface area contributed by atoms with Gasteiger partial charge in [-0.25, -0.2) is 0 Å². The van der Waals surface area contributed by atoms with Crippen LogP contribution < -0.4 is 10.8 Å².